The van der Waals surface area contributed by atoms with Gasteiger partial charge < -0.3 is 15.0 Å². The van der Waals surface area contributed by atoms with Gasteiger partial charge in [0.15, 0.2) is 0 Å². The molecule has 0 radical (unpaired) electrons. The third-order valence-electron chi connectivity index (χ3n) is 4.50. The Hall–Kier alpha value is -1.13. The molecule has 0 amide bonds. The van der Waals surface area contributed by atoms with Crippen molar-refractivity contribution < 1.29 is 5.11 Å². The molecule has 2 N–H and O–H groups in total. The lowest BCUT2D eigenvalue weighted by atomic mass is 9.78. The van der Waals surface area contributed by atoms with E-state index in [2.05, 4.69) is 12.2 Å². The van der Waals surface area contributed by atoms with E-state index in [1.807, 2.05) is 6.07 Å². The Morgan fingerprint density at radius 3 is 2.80 bits per heavy atom. The molecule has 1 saturated carbocycles. The monoisotopic (exact) mass is 278 g/mol. The van der Waals surface area contributed by atoms with Crippen LogP contribution in [0.25, 0.3) is 0 Å². The molecule has 112 valence electrons. The smallest absolute Gasteiger partial charge is 0.250 e. The maximum absolute atomic E-state index is 11.5. The van der Waals surface area contributed by atoms with Crippen LogP contribution < -0.4 is 10.9 Å². The van der Waals surface area contributed by atoms with Gasteiger partial charge in [-0.25, -0.2) is 0 Å². The highest BCUT2D eigenvalue weighted by molar-refractivity contribution is 4.93. The zero-order chi connectivity index (χ0) is 14.4. The van der Waals surface area contributed by atoms with Gasteiger partial charge in [0.05, 0.1) is 5.60 Å². The zero-order valence-corrected chi connectivity index (χ0v) is 12.3. The number of rotatable bonds is 6. The van der Waals surface area contributed by atoms with Crippen molar-refractivity contribution in [3.63, 3.8) is 0 Å². The van der Waals surface area contributed by atoms with Crippen molar-refractivity contribution in [1.29, 1.82) is 0 Å². The molecule has 4 heteroatoms. The number of hydrogen-bond acceptors (Lipinski definition) is 3. The van der Waals surface area contributed by atoms with Gasteiger partial charge in [-0.1, -0.05) is 19.4 Å². The minimum absolute atomic E-state index is 0.0245. The van der Waals surface area contributed by atoms with Crippen molar-refractivity contribution in [2.45, 2.75) is 51.2 Å². The molecule has 20 heavy (non-hydrogen) atoms. The Morgan fingerprint density at radius 2 is 2.15 bits per heavy atom. The van der Waals surface area contributed by atoms with Crippen LogP contribution in [0.3, 0.4) is 0 Å². The van der Waals surface area contributed by atoms with Gasteiger partial charge in [-0.3, -0.25) is 4.79 Å². The summed E-state index contributed by atoms with van der Waals surface area (Å²) in [5.41, 5.74) is -0.524. The van der Waals surface area contributed by atoms with E-state index in [0.717, 1.165) is 31.6 Å². The Kier molecular flexibility index (Phi) is 5.38. The molecule has 0 atom stereocenters. The van der Waals surface area contributed by atoms with E-state index < -0.39 is 5.60 Å². The van der Waals surface area contributed by atoms with Crippen LogP contribution in [0.5, 0.6) is 0 Å². The van der Waals surface area contributed by atoms with E-state index in [9.17, 15) is 9.90 Å². The first-order valence-corrected chi connectivity index (χ1v) is 7.71. The predicted octanol–water partition coefficient (Wildman–Crippen LogP) is 1.77. The van der Waals surface area contributed by atoms with Crippen LogP contribution >= 0.6 is 0 Å². The van der Waals surface area contributed by atoms with Gasteiger partial charge in [-0.15, -0.1) is 0 Å². The molecule has 4 nitrogen and oxygen atoms in total. The number of aliphatic hydroxyl groups is 1. The maximum atomic E-state index is 11.5. The summed E-state index contributed by atoms with van der Waals surface area (Å²) in [6, 6.07) is 5.18. The van der Waals surface area contributed by atoms with Gasteiger partial charge in [0, 0.05) is 31.9 Å². The van der Waals surface area contributed by atoms with Gasteiger partial charge in [-0.05, 0) is 37.7 Å². The molecule has 1 heterocycles. The average Bonchev–Trinajstić information content (AvgIpc) is 2.46. The Balaban J connectivity index is 1.71. The van der Waals surface area contributed by atoms with Crippen LogP contribution in [0.15, 0.2) is 29.2 Å². The summed E-state index contributed by atoms with van der Waals surface area (Å²) in [7, 11) is 0. The fourth-order valence-corrected chi connectivity index (χ4v) is 2.97. The highest BCUT2D eigenvalue weighted by atomic mass is 16.3. The van der Waals surface area contributed by atoms with Gasteiger partial charge in [0.1, 0.15) is 0 Å². The van der Waals surface area contributed by atoms with Crippen molar-refractivity contribution in [2.75, 3.05) is 13.1 Å². The topological polar surface area (TPSA) is 54.3 Å². The number of hydrogen-bond donors (Lipinski definition) is 2. The summed E-state index contributed by atoms with van der Waals surface area (Å²) in [6.07, 6.45) is 7.07. The molecule has 0 aromatic carbocycles. The van der Waals surface area contributed by atoms with E-state index in [1.54, 1.807) is 22.9 Å². The highest BCUT2D eigenvalue weighted by Gasteiger charge is 2.31. The normalized spacial score (nSPS) is 26.6. The fourth-order valence-electron chi connectivity index (χ4n) is 2.97. The second-order valence-corrected chi connectivity index (χ2v) is 5.99. The van der Waals surface area contributed by atoms with Crippen molar-refractivity contribution in [1.82, 2.24) is 9.88 Å². The lowest BCUT2D eigenvalue weighted by Gasteiger charge is -2.36. The molecule has 1 aromatic heterocycles. The van der Waals surface area contributed by atoms with Gasteiger partial charge >= 0.3 is 0 Å². The van der Waals surface area contributed by atoms with E-state index in [1.165, 1.54) is 6.42 Å². The van der Waals surface area contributed by atoms with Crippen molar-refractivity contribution in [3.05, 3.63) is 34.7 Å². The van der Waals surface area contributed by atoms with Crippen molar-refractivity contribution in [3.8, 4) is 0 Å². The molecular weight excluding hydrogens is 252 g/mol. The van der Waals surface area contributed by atoms with E-state index in [4.69, 9.17) is 0 Å². The van der Waals surface area contributed by atoms with Crippen molar-refractivity contribution in [2.24, 2.45) is 5.92 Å². The Morgan fingerprint density at radius 1 is 1.40 bits per heavy atom. The Labute approximate surface area is 120 Å². The van der Waals surface area contributed by atoms with Gasteiger partial charge in [0.2, 0.25) is 0 Å². The number of pyridine rings is 1. The van der Waals surface area contributed by atoms with Crippen LogP contribution in [0.2, 0.25) is 0 Å². The summed E-state index contributed by atoms with van der Waals surface area (Å²) in [4.78, 5) is 11.5. The summed E-state index contributed by atoms with van der Waals surface area (Å²) in [5.74, 6) is 0.790. The molecule has 1 fully saturated rings. The first-order valence-electron chi connectivity index (χ1n) is 7.71. The standard InChI is InChI=1S/C16H26N2O2/c1-2-14-6-8-16(20,9-7-14)13-17-10-12-18-11-4-3-5-15(18)19/h3-5,11,14,17,20H,2,6-10,12-13H2,1H3. The number of nitrogens with one attached hydrogen (secondary N) is 1. The van der Waals surface area contributed by atoms with Gasteiger partial charge in [0.25, 0.3) is 5.56 Å². The third kappa shape index (κ3) is 4.18. The number of aromatic nitrogens is 1. The maximum Gasteiger partial charge on any atom is 0.250 e. The zero-order valence-electron chi connectivity index (χ0n) is 12.3. The lowest BCUT2D eigenvalue weighted by molar-refractivity contribution is -0.00855. The molecule has 0 spiro atoms. The SMILES string of the molecule is CCC1CCC(O)(CNCCn2ccccc2=O)CC1. The van der Waals surface area contributed by atoms with Crippen LogP contribution in [0.1, 0.15) is 39.0 Å². The molecular formula is C16H26N2O2. The molecule has 1 aliphatic rings. The summed E-state index contributed by atoms with van der Waals surface area (Å²) >= 11 is 0. The largest absolute Gasteiger partial charge is 0.389 e. The highest BCUT2D eigenvalue weighted by Crippen LogP contribution is 2.33. The number of nitrogens with zero attached hydrogens (tertiary/aromatic N) is 1. The first kappa shape index (κ1) is 15.3. The predicted molar refractivity (Wildman–Crippen MR) is 80.8 cm³/mol. The van der Waals surface area contributed by atoms with Crippen LogP contribution in [0, 0.1) is 5.92 Å². The molecule has 1 aliphatic carbocycles. The summed E-state index contributed by atoms with van der Waals surface area (Å²) in [5, 5.41) is 13.8. The van der Waals surface area contributed by atoms with E-state index >= 15 is 0 Å². The van der Waals surface area contributed by atoms with E-state index in [-0.39, 0.29) is 5.56 Å². The van der Waals surface area contributed by atoms with Crippen molar-refractivity contribution >= 4 is 0 Å². The van der Waals surface area contributed by atoms with Gasteiger partial charge in [-0.2, -0.15) is 0 Å². The molecule has 0 unspecified atom stereocenters. The van der Waals surface area contributed by atoms with E-state index in [0.29, 0.717) is 19.6 Å². The summed E-state index contributed by atoms with van der Waals surface area (Å²) < 4.78 is 1.69. The molecule has 0 bridgehead atoms. The molecule has 0 saturated heterocycles. The van der Waals surface area contributed by atoms with Crippen LogP contribution in [-0.4, -0.2) is 28.4 Å². The second kappa shape index (κ2) is 7.04. The lowest BCUT2D eigenvalue weighted by Crippen LogP contribution is -2.44. The first-order chi connectivity index (χ1) is 9.63. The molecule has 1 aromatic rings. The Bertz CT molecular complexity index is 462. The average molecular weight is 278 g/mol. The van der Waals surface area contributed by atoms with Crippen LogP contribution in [0.4, 0.5) is 0 Å². The molecule has 0 aliphatic heterocycles. The third-order valence-corrected chi connectivity index (χ3v) is 4.50. The molecule has 2 rings (SSSR count). The fraction of sp³-hybridized carbons (Fsp3) is 0.688. The minimum atomic E-state index is -0.548. The van der Waals surface area contributed by atoms with Crippen LogP contribution in [-0.2, 0) is 6.54 Å². The quantitative estimate of drug-likeness (QED) is 0.780. The summed E-state index contributed by atoms with van der Waals surface area (Å²) in [6.45, 7) is 4.21. The minimum Gasteiger partial charge on any atom is -0.389 e. The second-order valence-electron chi connectivity index (χ2n) is 5.99.